The van der Waals surface area contributed by atoms with Gasteiger partial charge in [0, 0.05) is 17.9 Å². The van der Waals surface area contributed by atoms with Gasteiger partial charge in [-0.2, -0.15) is 0 Å². The third-order valence-corrected chi connectivity index (χ3v) is 3.05. The van der Waals surface area contributed by atoms with Crippen molar-refractivity contribution in [3.05, 3.63) is 30.1 Å². The molecular weight excluding hydrogens is 200 g/mol. The number of ketones is 1. The Balaban J connectivity index is 1.72. The summed E-state index contributed by atoms with van der Waals surface area (Å²) < 4.78 is 0. The van der Waals surface area contributed by atoms with E-state index in [1.165, 1.54) is 25.7 Å². The molecule has 0 bridgehead atoms. The summed E-state index contributed by atoms with van der Waals surface area (Å²) in [5.41, 5.74) is 0.862. The van der Waals surface area contributed by atoms with Crippen LogP contribution in [-0.4, -0.2) is 23.4 Å². The zero-order valence-electron chi connectivity index (χ0n) is 9.48. The van der Waals surface area contributed by atoms with Crippen molar-refractivity contribution in [2.45, 2.75) is 38.1 Å². The Morgan fingerprint density at radius 3 is 2.88 bits per heavy atom. The highest BCUT2D eigenvalue weighted by molar-refractivity contribution is 5.82. The van der Waals surface area contributed by atoms with Crippen LogP contribution in [0.15, 0.2) is 24.4 Å². The van der Waals surface area contributed by atoms with Crippen molar-refractivity contribution in [3.8, 4) is 0 Å². The minimum absolute atomic E-state index is 0.227. The van der Waals surface area contributed by atoms with E-state index in [4.69, 9.17) is 0 Å². The van der Waals surface area contributed by atoms with Crippen LogP contribution in [0, 0.1) is 0 Å². The summed E-state index contributed by atoms with van der Waals surface area (Å²) in [5, 5.41) is 3.32. The van der Waals surface area contributed by atoms with Crippen LogP contribution in [0.4, 0.5) is 0 Å². The monoisotopic (exact) mass is 218 g/mol. The van der Waals surface area contributed by atoms with Gasteiger partial charge in [-0.1, -0.05) is 18.9 Å². The number of rotatable bonds is 5. The van der Waals surface area contributed by atoms with E-state index in [0.29, 0.717) is 19.0 Å². The second kappa shape index (κ2) is 5.75. The fourth-order valence-electron chi connectivity index (χ4n) is 2.16. The summed E-state index contributed by atoms with van der Waals surface area (Å²) in [6.45, 7) is 0.487. The molecule has 1 fully saturated rings. The molecule has 0 spiro atoms. The molecule has 0 atom stereocenters. The summed E-state index contributed by atoms with van der Waals surface area (Å²) in [6, 6.07) is 6.24. The standard InChI is InChI=1S/C13H18N2O/c16-13(9-12-7-3-4-8-14-12)10-15-11-5-1-2-6-11/h3-4,7-8,11,15H,1-2,5-6,9-10H2. The topological polar surface area (TPSA) is 42.0 Å². The van der Waals surface area contributed by atoms with E-state index in [2.05, 4.69) is 10.3 Å². The van der Waals surface area contributed by atoms with Gasteiger partial charge in [-0.25, -0.2) is 0 Å². The molecule has 0 saturated heterocycles. The molecule has 0 amide bonds. The first kappa shape index (κ1) is 11.3. The molecule has 3 nitrogen and oxygen atoms in total. The predicted molar refractivity (Wildman–Crippen MR) is 63.2 cm³/mol. The molecule has 1 aromatic heterocycles. The van der Waals surface area contributed by atoms with Crippen LogP contribution in [0.3, 0.4) is 0 Å². The SMILES string of the molecule is O=C(CNC1CCCC1)Cc1ccccn1. The number of pyridine rings is 1. The molecule has 0 aliphatic heterocycles. The lowest BCUT2D eigenvalue weighted by molar-refractivity contribution is -0.117. The first-order chi connectivity index (χ1) is 7.84. The molecule has 0 radical (unpaired) electrons. The van der Waals surface area contributed by atoms with Crippen LogP contribution in [0.5, 0.6) is 0 Å². The van der Waals surface area contributed by atoms with Crippen LogP contribution in [-0.2, 0) is 11.2 Å². The molecule has 1 N–H and O–H groups in total. The van der Waals surface area contributed by atoms with E-state index in [1.54, 1.807) is 6.20 Å². The zero-order valence-corrected chi connectivity index (χ0v) is 9.48. The largest absolute Gasteiger partial charge is 0.307 e. The van der Waals surface area contributed by atoms with Gasteiger partial charge in [0.25, 0.3) is 0 Å². The molecular formula is C13H18N2O. The first-order valence-corrected chi connectivity index (χ1v) is 5.99. The third-order valence-electron chi connectivity index (χ3n) is 3.05. The smallest absolute Gasteiger partial charge is 0.152 e. The number of carbonyl (C=O) groups excluding carboxylic acids is 1. The van der Waals surface area contributed by atoms with Gasteiger partial charge in [0.2, 0.25) is 0 Å². The fraction of sp³-hybridized carbons (Fsp3) is 0.538. The molecule has 3 heteroatoms. The van der Waals surface area contributed by atoms with Crippen molar-refractivity contribution in [2.24, 2.45) is 0 Å². The van der Waals surface area contributed by atoms with E-state index in [-0.39, 0.29) is 5.78 Å². The number of aromatic nitrogens is 1. The Hall–Kier alpha value is -1.22. The average molecular weight is 218 g/mol. The van der Waals surface area contributed by atoms with Crippen molar-refractivity contribution in [1.82, 2.24) is 10.3 Å². The van der Waals surface area contributed by atoms with Crippen molar-refractivity contribution in [1.29, 1.82) is 0 Å². The molecule has 1 saturated carbocycles. The third kappa shape index (κ3) is 3.42. The summed E-state index contributed by atoms with van der Waals surface area (Å²) >= 11 is 0. The van der Waals surface area contributed by atoms with Crippen LogP contribution in [0.2, 0.25) is 0 Å². The summed E-state index contributed by atoms with van der Waals surface area (Å²) in [7, 11) is 0. The molecule has 1 aliphatic rings. The lowest BCUT2D eigenvalue weighted by Gasteiger charge is -2.10. The zero-order chi connectivity index (χ0) is 11.2. The summed E-state index contributed by atoms with van der Waals surface area (Å²) in [6.07, 6.45) is 7.21. The van der Waals surface area contributed by atoms with Crippen LogP contribution >= 0.6 is 0 Å². The van der Waals surface area contributed by atoms with Gasteiger partial charge < -0.3 is 5.32 Å². The van der Waals surface area contributed by atoms with Crippen molar-refractivity contribution < 1.29 is 4.79 Å². The van der Waals surface area contributed by atoms with E-state index in [1.807, 2.05) is 18.2 Å². The highest BCUT2D eigenvalue weighted by Gasteiger charge is 2.15. The molecule has 0 aromatic carbocycles. The molecule has 86 valence electrons. The maximum atomic E-state index is 11.7. The number of nitrogens with zero attached hydrogens (tertiary/aromatic N) is 1. The highest BCUT2D eigenvalue weighted by Crippen LogP contribution is 2.17. The van der Waals surface area contributed by atoms with Gasteiger partial charge in [0.05, 0.1) is 13.0 Å². The van der Waals surface area contributed by atoms with Crippen molar-refractivity contribution >= 4 is 5.78 Å². The summed E-state index contributed by atoms with van der Waals surface area (Å²) in [5.74, 6) is 0.227. The van der Waals surface area contributed by atoms with E-state index >= 15 is 0 Å². The quantitative estimate of drug-likeness (QED) is 0.818. The first-order valence-electron chi connectivity index (χ1n) is 5.99. The number of Topliss-reactive ketones (excluding diaryl/α,β-unsaturated/α-hetero) is 1. The number of carbonyl (C=O) groups is 1. The second-order valence-electron chi connectivity index (χ2n) is 4.40. The van der Waals surface area contributed by atoms with Crippen molar-refractivity contribution in [3.63, 3.8) is 0 Å². The molecule has 0 unspecified atom stereocenters. The Morgan fingerprint density at radius 1 is 1.38 bits per heavy atom. The van der Waals surface area contributed by atoms with Crippen LogP contribution < -0.4 is 5.32 Å². The number of hydrogen-bond donors (Lipinski definition) is 1. The second-order valence-corrected chi connectivity index (χ2v) is 4.40. The fourth-order valence-corrected chi connectivity index (χ4v) is 2.16. The Bertz CT molecular complexity index is 331. The Morgan fingerprint density at radius 2 is 2.19 bits per heavy atom. The normalized spacial score (nSPS) is 16.5. The average Bonchev–Trinajstić information content (AvgIpc) is 2.81. The predicted octanol–water partition coefficient (Wildman–Crippen LogP) is 1.73. The maximum Gasteiger partial charge on any atom is 0.152 e. The number of hydrogen-bond acceptors (Lipinski definition) is 3. The van der Waals surface area contributed by atoms with Gasteiger partial charge in [-0.3, -0.25) is 9.78 Å². The lowest BCUT2D eigenvalue weighted by Crippen LogP contribution is -2.32. The van der Waals surface area contributed by atoms with Gasteiger partial charge >= 0.3 is 0 Å². The molecule has 1 aromatic rings. The van der Waals surface area contributed by atoms with E-state index in [9.17, 15) is 4.79 Å². The van der Waals surface area contributed by atoms with Crippen molar-refractivity contribution in [2.75, 3.05) is 6.54 Å². The van der Waals surface area contributed by atoms with Crippen LogP contribution in [0.25, 0.3) is 0 Å². The van der Waals surface area contributed by atoms with E-state index < -0.39 is 0 Å². The lowest BCUT2D eigenvalue weighted by atomic mass is 10.2. The van der Waals surface area contributed by atoms with Gasteiger partial charge in [0.15, 0.2) is 5.78 Å². The van der Waals surface area contributed by atoms with Gasteiger partial charge in [0.1, 0.15) is 0 Å². The Labute approximate surface area is 96.3 Å². The molecule has 1 heterocycles. The minimum Gasteiger partial charge on any atom is -0.307 e. The minimum atomic E-state index is 0.227. The number of nitrogens with one attached hydrogen (secondary N) is 1. The van der Waals surface area contributed by atoms with Gasteiger partial charge in [-0.15, -0.1) is 0 Å². The molecule has 2 rings (SSSR count). The highest BCUT2D eigenvalue weighted by atomic mass is 16.1. The Kier molecular flexibility index (Phi) is 4.05. The maximum absolute atomic E-state index is 11.7. The molecule has 16 heavy (non-hydrogen) atoms. The van der Waals surface area contributed by atoms with Gasteiger partial charge in [-0.05, 0) is 25.0 Å². The van der Waals surface area contributed by atoms with E-state index in [0.717, 1.165) is 5.69 Å². The summed E-state index contributed by atoms with van der Waals surface area (Å²) in [4.78, 5) is 15.8. The van der Waals surface area contributed by atoms with Crippen LogP contribution in [0.1, 0.15) is 31.4 Å². The molecule has 1 aliphatic carbocycles.